The Morgan fingerprint density at radius 1 is 0.500 bits per heavy atom. The molecular weight excluding hydrogens is 224 g/mol. The first kappa shape index (κ1) is 13.7. The van der Waals surface area contributed by atoms with Crippen molar-refractivity contribution in [2.24, 2.45) is 0 Å². The van der Waals surface area contributed by atoms with Crippen molar-refractivity contribution in [2.75, 3.05) is 26.2 Å². The van der Waals surface area contributed by atoms with Crippen molar-refractivity contribution in [3.05, 3.63) is 0 Å². The highest BCUT2D eigenvalue weighted by molar-refractivity contribution is 5.74. The van der Waals surface area contributed by atoms with Crippen molar-refractivity contribution < 1.29 is 4.79 Å². The van der Waals surface area contributed by atoms with Gasteiger partial charge in [0.1, 0.15) is 0 Å². The number of likely N-dealkylation sites (tertiary alicyclic amines) is 2. The monoisotopic (exact) mass is 252 g/mol. The Labute approximate surface area is 112 Å². The van der Waals surface area contributed by atoms with Crippen LogP contribution in [0, 0.1) is 0 Å². The molecule has 0 saturated carbocycles. The molecule has 0 atom stereocenters. The van der Waals surface area contributed by atoms with Crippen molar-refractivity contribution in [2.45, 2.75) is 64.2 Å². The first-order valence-corrected chi connectivity index (χ1v) is 7.92. The molecule has 0 aliphatic carbocycles. The maximum Gasteiger partial charge on any atom is 0.319 e. The summed E-state index contributed by atoms with van der Waals surface area (Å²) in [5.74, 6) is 0. The Balaban J connectivity index is 1.86. The predicted octanol–water partition coefficient (Wildman–Crippen LogP) is 3.64. The smallest absolute Gasteiger partial charge is 0.319 e. The summed E-state index contributed by atoms with van der Waals surface area (Å²) in [7, 11) is 0. The Morgan fingerprint density at radius 2 is 0.778 bits per heavy atom. The average molecular weight is 252 g/mol. The molecule has 0 radical (unpaired) electrons. The van der Waals surface area contributed by atoms with Crippen LogP contribution >= 0.6 is 0 Å². The molecule has 0 bridgehead atoms. The fourth-order valence-corrected chi connectivity index (χ4v) is 3.08. The molecule has 2 saturated heterocycles. The van der Waals surface area contributed by atoms with Gasteiger partial charge in [0.05, 0.1) is 0 Å². The third-order valence-corrected chi connectivity index (χ3v) is 4.25. The lowest BCUT2D eigenvalue weighted by molar-refractivity contribution is 0.144. The average Bonchev–Trinajstić information content (AvgIpc) is 2.27. The molecular formula is C15H28N2O. The number of carbonyl (C=O) groups is 1. The summed E-state index contributed by atoms with van der Waals surface area (Å²) < 4.78 is 0. The van der Waals surface area contributed by atoms with Crippen LogP contribution in [0.5, 0.6) is 0 Å². The van der Waals surface area contributed by atoms with E-state index in [1.165, 1.54) is 64.2 Å². The van der Waals surface area contributed by atoms with Gasteiger partial charge in [0.2, 0.25) is 0 Å². The Hall–Kier alpha value is -0.730. The Kier molecular flexibility index (Phi) is 5.82. The summed E-state index contributed by atoms with van der Waals surface area (Å²) in [4.78, 5) is 16.8. The van der Waals surface area contributed by atoms with Gasteiger partial charge in [0, 0.05) is 26.2 Å². The molecule has 2 amide bonds. The van der Waals surface area contributed by atoms with Gasteiger partial charge in [-0.2, -0.15) is 0 Å². The van der Waals surface area contributed by atoms with E-state index in [9.17, 15) is 4.79 Å². The minimum Gasteiger partial charge on any atom is -0.325 e. The van der Waals surface area contributed by atoms with Crippen molar-refractivity contribution in [1.82, 2.24) is 9.80 Å². The highest BCUT2D eigenvalue weighted by Crippen LogP contribution is 2.15. The Morgan fingerprint density at radius 3 is 1.11 bits per heavy atom. The van der Waals surface area contributed by atoms with E-state index in [2.05, 4.69) is 9.80 Å². The van der Waals surface area contributed by atoms with Crippen LogP contribution in [-0.2, 0) is 0 Å². The van der Waals surface area contributed by atoms with Crippen molar-refractivity contribution in [1.29, 1.82) is 0 Å². The summed E-state index contributed by atoms with van der Waals surface area (Å²) >= 11 is 0. The maximum atomic E-state index is 12.5. The largest absolute Gasteiger partial charge is 0.325 e. The van der Waals surface area contributed by atoms with Crippen molar-refractivity contribution in [3.63, 3.8) is 0 Å². The normalized spacial score (nSPS) is 23.8. The molecule has 0 unspecified atom stereocenters. The highest BCUT2D eigenvalue weighted by atomic mass is 16.2. The van der Waals surface area contributed by atoms with Gasteiger partial charge in [-0.3, -0.25) is 0 Å². The number of amides is 2. The van der Waals surface area contributed by atoms with Crippen LogP contribution < -0.4 is 0 Å². The molecule has 104 valence electrons. The molecule has 3 nitrogen and oxygen atoms in total. The molecule has 0 aromatic rings. The number of urea groups is 1. The number of hydrogen-bond acceptors (Lipinski definition) is 1. The zero-order valence-electron chi connectivity index (χ0n) is 11.7. The zero-order chi connectivity index (χ0) is 12.6. The van der Waals surface area contributed by atoms with Crippen LogP contribution in [0.1, 0.15) is 64.2 Å². The number of carbonyl (C=O) groups excluding carboxylic acids is 1. The van der Waals surface area contributed by atoms with E-state index in [1.807, 2.05) is 0 Å². The molecule has 0 aromatic heterocycles. The van der Waals surface area contributed by atoms with E-state index in [1.54, 1.807) is 0 Å². The lowest BCUT2D eigenvalue weighted by Crippen LogP contribution is -2.45. The van der Waals surface area contributed by atoms with E-state index >= 15 is 0 Å². The molecule has 2 fully saturated rings. The molecule has 18 heavy (non-hydrogen) atoms. The van der Waals surface area contributed by atoms with Crippen LogP contribution in [0.4, 0.5) is 4.79 Å². The predicted molar refractivity (Wildman–Crippen MR) is 74.7 cm³/mol. The van der Waals surface area contributed by atoms with Gasteiger partial charge in [-0.15, -0.1) is 0 Å². The van der Waals surface area contributed by atoms with Gasteiger partial charge in [0.25, 0.3) is 0 Å². The fourth-order valence-electron chi connectivity index (χ4n) is 3.08. The van der Waals surface area contributed by atoms with E-state index in [0.717, 1.165) is 26.2 Å². The summed E-state index contributed by atoms with van der Waals surface area (Å²) in [6.07, 6.45) is 12.7. The summed E-state index contributed by atoms with van der Waals surface area (Å²) in [5.41, 5.74) is 0. The molecule has 0 spiro atoms. The van der Waals surface area contributed by atoms with E-state index in [4.69, 9.17) is 0 Å². The van der Waals surface area contributed by atoms with E-state index in [-0.39, 0.29) is 0 Å². The van der Waals surface area contributed by atoms with Crippen LogP contribution in [-0.4, -0.2) is 42.0 Å². The SMILES string of the molecule is O=C(N1CCCCCCC1)N1CCCCCCC1. The topological polar surface area (TPSA) is 23.6 Å². The van der Waals surface area contributed by atoms with Crippen LogP contribution in [0.25, 0.3) is 0 Å². The lowest BCUT2D eigenvalue weighted by Gasteiger charge is -2.32. The van der Waals surface area contributed by atoms with Gasteiger partial charge < -0.3 is 9.80 Å². The number of nitrogens with zero attached hydrogens (tertiary/aromatic N) is 2. The standard InChI is InChI=1S/C15H28N2O/c18-15(16-11-7-3-1-4-8-12-16)17-13-9-5-2-6-10-14-17/h1-14H2. The lowest BCUT2D eigenvalue weighted by atomic mass is 10.1. The first-order chi connectivity index (χ1) is 8.88. The molecule has 0 aromatic carbocycles. The second-order valence-electron chi connectivity index (χ2n) is 5.79. The van der Waals surface area contributed by atoms with Crippen molar-refractivity contribution in [3.8, 4) is 0 Å². The second-order valence-corrected chi connectivity index (χ2v) is 5.79. The molecule has 2 aliphatic rings. The first-order valence-electron chi connectivity index (χ1n) is 7.92. The quantitative estimate of drug-likeness (QED) is 0.645. The van der Waals surface area contributed by atoms with E-state index in [0.29, 0.717) is 6.03 Å². The molecule has 2 aliphatic heterocycles. The van der Waals surface area contributed by atoms with Gasteiger partial charge in [-0.05, 0) is 25.7 Å². The minimum absolute atomic E-state index is 0.318. The van der Waals surface area contributed by atoms with Crippen LogP contribution in [0.2, 0.25) is 0 Å². The van der Waals surface area contributed by atoms with Crippen molar-refractivity contribution >= 4 is 6.03 Å². The third kappa shape index (κ3) is 4.18. The minimum atomic E-state index is 0.318. The van der Waals surface area contributed by atoms with Crippen LogP contribution in [0.15, 0.2) is 0 Å². The summed E-state index contributed by atoms with van der Waals surface area (Å²) in [5, 5.41) is 0. The number of rotatable bonds is 0. The fraction of sp³-hybridized carbons (Fsp3) is 0.933. The maximum absolute atomic E-state index is 12.5. The molecule has 2 heterocycles. The zero-order valence-corrected chi connectivity index (χ0v) is 11.7. The highest BCUT2D eigenvalue weighted by Gasteiger charge is 2.21. The van der Waals surface area contributed by atoms with Gasteiger partial charge in [-0.25, -0.2) is 4.79 Å². The third-order valence-electron chi connectivity index (χ3n) is 4.25. The molecule has 3 heteroatoms. The van der Waals surface area contributed by atoms with E-state index < -0.39 is 0 Å². The van der Waals surface area contributed by atoms with Gasteiger partial charge >= 0.3 is 6.03 Å². The van der Waals surface area contributed by atoms with Gasteiger partial charge in [-0.1, -0.05) is 38.5 Å². The Bertz CT molecular complexity index is 215. The summed E-state index contributed by atoms with van der Waals surface area (Å²) in [6.45, 7) is 3.93. The van der Waals surface area contributed by atoms with Gasteiger partial charge in [0.15, 0.2) is 0 Å². The summed E-state index contributed by atoms with van der Waals surface area (Å²) in [6, 6.07) is 0.318. The molecule has 0 N–H and O–H groups in total. The van der Waals surface area contributed by atoms with Crippen LogP contribution in [0.3, 0.4) is 0 Å². The number of hydrogen-bond donors (Lipinski definition) is 0. The molecule has 2 rings (SSSR count). The second kappa shape index (κ2) is 7.65.